The van der Waals surface area contributed by atoms with Crippen molar-refractivity contribution in [2.75, 3.05) is 39.1 Å². The van der Waals surface area contributed by atoms with Crippen molar-refractivity contribution in [1.82, 2.24) is 20.2 Å². The van der Waals surface area contributed by atoms with Gasteiger partial charge in [0.05, 0.1) is 0 Å². The van der Waals surface area contributed by atoms with E-state index in [0.29, 0.717) is 18.2 Å². The van der Waals surface area contributed by atoms with Gasteiger partial charge in [-0.15, -0.1) is 0 Å². The van der Waals surface area contributed by atoms with Crippen LogP contribution in [0.15, 0.2) is 42.6 Å². The van der Waals surface area contributed by atoms with Crippen molar-refractivity contribution < 1.29 is 4.79 Å². The number of carbonyl (C=O) groups excluding carboxylic acids is 1. The van der Waals surface area contributed by atoms with Gasteiger partial charge in [-0.2, -0.15) is 0 Å². The summed E-state index contributed by atoms with van der Waals surface area (Å²) in [5.41, 5.74) is 1.33. The Morgan fingerprint density at radius 1 is 1.14 bits per heavy atom. The third-order valence-corrected chi connectivity index (χ3v) is 3.16. The molecule has 2 rings (SSSR count). The van der Waals surface area contributed by atoms with Crippen LogP contribution in [0, 0.1) is 0 Å². The molecule has 0 spiro atoms. The van der Waals surface area contributed by atoms with E-state index in [1.54, 1.807) is 12.3 Å². The number of nitrogens with one attached hydrogen (secondary N) is 1. The standard InChI is InChI=1S/C16H21N5O/c1-20(2)12-11-17-15(22)14-9-10-18-16(19-14)21(3)13-7-5-4-6-8-13/h4-10H,11-12H2,1-3H3,(H,17,22). The summed E-state index contributed by atoms with van der Waals surface area (Å²) in [6.07, 6.45) is 1.60. The van der Waals surface area contributed by atoms with E-state index < -0.39 is 0 Å². The summed E-state index contributed by atoms with van der Waals surface area (Å²) >= 11 is 0. The van der Waals surface area contributed by atoms with E-state index >= 15 is 0 Å². The fourth-order valence-electron chi connectivity index (χ4n) is 1.89. The van der Waals surface area contributed by atoms with Gasteiger partial charge in [-0.05, 0) is 32.3 Å². The molecule has 0 aliphatic heterocycles. The van der Waals surface area contributed by atoms with Gasteiger partial charge in [-0.3, -0.25) is 4.79 Å². The first-order valence-electron chi connectivity index (χ1n) is 7.12. The maximum atomic E-state index is 12.1. The molecule has 0 bridgehead atoms. The van der Waals surface area contributed by atoms with Crippen LogP contribution in [0.2, 0.25) is 0 Å². The second kappa shape index (κ2) is 7.51. The van der Waals surface area contributed by atoms with E-state index in [1.807, 2.05) is 61.3 Å². The monoisotopic (exact) mass is 299 g/mol. The number of hydrogen-bond donors (Lipinski definition) is 1. The number of anilines is 2. The number of benzene rings is 1. The van der Waals surface area contributed by atoms with E-state index in [1.165, 1.54) is 0 Å². The van der Waals surface area contributed by atoms with Crippen LogP contribution >= 0.6 is 0 Å². The Balaban J connectivity index is 2.08. The summed E-state index contributed by atoms with van der Waals surface area (Å²) in [5.74, 6) is 0.304. The van der Waals surface area contributed by atoms with Gasteiger partial charge in [-0.25, -0.2) is 9.97 Å². The molecule has 6 heteroatoms. The Kier molecular flexibility index (Phi) is 5.43. The zero-order valence-electron chi connectivity index (χ0n) is 13.2. The van der Waals surface area contributed by atoms with Crippen LogP contribution in [-0.2, 0) is 0 Å². The van der Waals surface area contributed by atoms with E-state index in [-0.39, 0.29) is 5.91 Å². The number of rotatable bonds is 6. The lowest BCUT2D eigenvalue weighted by Crippen LogP contribution is -2.32. The molecule has 22 heavy (non-hydrogen) atoms. The van der Waals surface area contributed by atoms with Gasteiger partial charge in [0.25, 0.3) is 5.91 Å². The molecule has 0 saturated heterocycles. The Morgan fingerprint density at radius 3 is 2.55 bits per heavy atom. The minimum atomic E-state index is -0.188. The number of amides is 1. The van der Waals surface area contributed by atoms with Crippen molar-refractivity contribution in [3.8, 4) is 0 Å². The highest BCUT2D eigenvalue weighted by Crippen LogP contribution is 2.18. The third kappa shape index (κ3) is 4.26. The van der Waals surface area contributed by atoms with E-state index in [4.69, 9.17) is 0 Å². The number of nitrogens with zero attached hydrogens (tertiary/aromatic N) is 4. The largest absolute Gasteiger partial charge is 0.349 e. The van der Waals surface area contributed by atoms with Gasteiger partial charge in [0.1, 0.15) is 5.69 Å². The van der Waals surface area contributed by atoms with Gasteiger partial charge in [0, 0.05) is 32.0 Å². The predicted octanol–water partition coefficient (Wildman–Crippen LogP) is 1.54. The van der Waals surface area contributed by atoms with Crippen molar-refractivity contribution in [2.24, 2.45) is 0 Å². The van der Waals surface area contributed by atoms with Gasteiger partial charge >= 0.3 is 0 Å². The van der Waals surface area contributed by atoms with Crippen molar-refractivity contribution in [3.05, 3.63) is 48.3 Å². The number of para-hydroxylation sites is 1. The fraction of sp³-hybridized carbons (Fsp3) is 0.312. The molecule has 1 heterocycles. The molecular formula is C16H21N5O. The normalized spacial score (nSPS) is 10.5. The fourth-order valence-corrected chi connectivity index (χ4v) is 1.89. The summed E-state index contributed by atoms with van der Waals surface area (Å²) in [6, 6.07) is 11.4. The molecule has 0 unspecified atom stereocenters. The zero-order chi connectivity index (χ0) is 15.9. The van der Waals surface area contributed by atoms with Crippen molar-refractivity contribution in [2.45, 2.75) is 0 Å². The molecular weight excluding hydrogens is 278 g/mol. The van der Waals surface area contributed by atoms with Crippen molar-refractivity contribution in [1.29, 1.82) is 0 Å². The molecule has 0 atom stereocenters. The zero-order valence-corrected chi connectivity index (χ0v) is 13.2. The van der Waals surface area contributed by atoms with Gasteiger partial charge < -0.3 is 15.1 Å². The molecule has 2 aromatic rings. The summed E-state index contributed by atoms with van der Waals surface area (Å²) in [6.45, 7) is 1.37. The van der Waals surface area contributed by atoms with Gasteiger partial charge in [-0.1, -0.05) is 18.2 Å². The van der Waals surface area contributed by atoms with Crippen LogP contribution in [0.25, 0.3) is 0 Å². The number of aromatic nitrogens is 2. The highest BCUT2D eigenvalue weighted by molar-refractivity contribution is 5.92. The summed E-state index contributed by atoms with van der Waals surface area (Å²) < 4.78 is 0. The summed E-state index contributed by atoms with van der Waals surface area (Å²) in [7, 11) is 5.80. The number of hydrogen-bond acceptors (Lipinski definition) is 5. The predicted molar refractivity (Wildman–Crippen MR) is 87.4 cm³/mol. The maximum Gasteiger partial charge on any atom is 0.270 e. The first-order valence-corrected chi connectivity index (χ1v) is 7.12. The van der Waals surface area contributed by atoms with E-state index in [9.17, 15) is 4.79 Å². The second-order valence-electron chi connectivity index (χ2n) is 5.20. The van der Waals surface area contributed by atoms with Crippen LogP contribution in [-0.4, -0.2) is 55.0 Å². The molecule has 6 nitrogen and oxygen atoms in total. The average Bonchev–Trinajstić information content (AvgIpc) is 2.54. The third-order valence-electron chi connectivity index (χ3n) is 3.16. The Hall–Kier alpha value is -2.47. The highest BCUT2D eigenvalue weighted by atomic mass is 16.1. The number of likely N-dealkylation sites (N-methyl/N-ethyl adjacent to an activating group) is 1. The molecule has 1 amide bonds. The van der Waals surface area contributed by atoms with Crippen LogP contribution in [0.5, 0.6) is 0 Å². The van der Waals surface area contributed by atoms with Gasteiger partial charge in [0.2, 0.25) is 5.95 Å². The van der Waals surface area contributed by atoms with Crippen molar-refractivity contribution >= 4 is 17.5 Å². The Morgan fingerprint density at radius 2 is 1.86 bits per heavy atom. The second-order valence-corrected chi connectivity index (χ2v) is 5.20. The molecule has 1 N–H and O–H groups in total. The average molecular weight is 299 g/mol. The maximum absolute atomic E-state index is 12.1. The smallest absolute Gasteiger partial charge is 0.270 e. The number of carbonyl (C=O) groups is 1. The molecule has 0 saturated carbocycles. The summed E-state index contributed by atoms with van der Waals surface area (Å²) in [4.78, 5) is 24.5. The molecule has 1 aromatic heterocycles. The molecule has 116 valence electrons. The van der Waals surface area contributed by atoms with Crippen LogP contribution in [0.4, 0.5) is 11.6 Å². The molecule has 1 aromatic carbocycles. The van der Waals surface area contributed by atoms with Crippen LogP contribution in [0.3, 0.4) is 0 Å². The molecule has 0 aliphatic carbocycles. The van der Waals surface area contributed by atoms with Crippen molar-refractivity contribution in [3.63, 3.8) is 0 Å². The van der Waals surface area contributed by atoms with E-state index in [2.05, 4.69) is 15.3 Å². The molecule has 0 aliphatic rings. The minimum absolute atomic E-state index is 0.188. The minimum Gasteiger partial charge on any atom is -0.349 e. The summed E-state index contributed by atoms with van der Waals surface area (Å²) in [5, 5.41) is 2.85. The quantitative estimate of drug-likeness (QED) is 0.876. The Labute approximate surface area is 130 Å². The lowest BCUT2D eigenvalue weighted by Gasteiger charge is -2.17. The molecule has 0 fully saturated rings. The SMILES string of the molecule is CN(C)CCNC(=O)c1ccnc(N(C)c2ccccc2)n1. The topological polar surface area (TPSA) is 61.4 Å². The lowest BCUT2D eigenvalue weighted by molar-refractivity contribution is 0.0946. The van der Waals surface area contributed by atoms with Crippen LogP contribution < -0.4 is 10.2 Å². The van der Waals surface area contributed by atoms with Gasteiger partial charge in [0.15, 0.2) is 0 Å². The first-order chi connectivity index (χ1) is 10.6. The molecule has 0 radical (unpaired) electrons. The lowest BCUT2D eigenvalue weighted by atomic mass is 10.3. The van der Waals surface area contributed by atoms with Crippen LogP contribution in [0.1, 0.15) is 10.5 Å². The Bertz CT molecular complexity index is 615. The first kappa shape index (κ1) is 15.9. The van der Waals surface area contributed by atoms with E-state index in [0.717, 1.165) is 12.2 Å². The highest BCUT2D eigenvalue weighted by Gasteiger charge is 2.11.